The lowest BCUT2D eigenvalue weighted by atomic mass is 10.1. The van der Waals surface area contributed by atoms with E-state index in [-0.39, 0.29) is 5.91 Å². The van der Waals surface area contributed by atoms with Gasteiger partial charge in [0.25, 0.3) is 5.91 Å². The molecule has 1 aliphatic rings. The molecule has 0 saturated carbocycles. The molecule has 0 aliphatic carbocycles. The number of hydrogen-bond donors (Lipinski definition) is 1. The van der Waals surface area contributed by atoms with Crippen molar-refractivity contribution in [2.75, 3.05) is 18.4 Å². The topological polar surface area (TPSA) is 58.1 Å². The number of anilines is 1. The molecule has 1 fully saturated rings. The number of likely N-dealkylation sites (tertiary alicyclic amines) is 1. The molecule has 5 heteroatoms. The molecule has 3 rings (SSSR count). The number of hydrogen-bond acceptors (Lipinski definition) is 4. The highest BCUT2D eigenvalue weighted by molar-refractivity contribution is 5.92. The van der Waals surface area contributed by atoms with E-state index in [9.17, 15) is 4.79 Å². The SMILES string of the molecule is Cc1ccccc1CNc1cnc(C(=O)N2CCCCCC2)cn1. The van der Waals surface area contributed by atoms with E-state index in [4.69, 9.17) is 0 Å². The van der Waals surface area contributed by atoms with Gasteiger partial charge >= 0.3 is 0 Å². The first-order chi connectivity index (χ1) is 11.7. The second-order valence-corrected chi connectivity index (χ2v) is 6.27. The predicted molar refractivity (Wildman–Crippen MR) is 94.9 cm³/mol. The quantitative estimate of drug-likeness (QED) is 0.936. The number of aryl methyl sites for hydroxylation is 1. The molecular formula is C19H24N4O. The first-order valence-corrected chi connectivity index (χ1v) is 8.64. The van der Waals surface area contributed by atoms with Crippen LogP contribution < -0.4 is 5.32 Å². The molecule has 1 N–H and O–H groups in total. The number of aromatic nitrogens is 2. The lowest BCUT2D eigenvalue weighted by molar-refractivity contribution is 0.0755. The average molecular weight is 324 g/mol. The van der Waals surface area contributed by atoms with Gasteiger partial charge in [-0.15, -0.1) is 0 Å². The normalized spacial score (nSPS) is 15.0. The van der Waals surface area contributed by atoms with Crippen molar-refractivity contribution in [2.45, 2.75) is 39.2 Å². The fourth-order valence-corrected chi connectivity index (χ4v) is 2.96. The zero-order valence-corrected chi connectivity index (χ0v) is 14.2. The number of carbonyl (C=O) groups excluding carboxylic acids is 1. The van der Waals surface area contributed by atoms with Crippen molar-refractivity contribution < 1.29 is 4.79 Å². The second-order valence-electron chi connectivity index (χ2n) is 6.27. The Morgan fingerprint density at radius 3 is 2.50 bits per heavy atom. The third kappa shape index (κ3) is 4.10. The van der Waals surface area contributed by atoms with Crippen LogP contribution >= 0.6 is 0 Å². The molecule has 1 amide bonds. The Bertz CT molecular complexity index is 676. The second kappa shape index (κ2) is 7.90. The number of rotatable bonds is 4. The van der Waals surface area contributed by atoms with Gasteiger partial charge in [0, 0.05) is 19.6 Å². The smallest absolute Gasteiger partial charge is 0.274 e. The Balaban J connectivity index is 1.60. The molecule has 0 unspecified atom stereocenters. The molecule has 1 saturated heterocycles. The third-order valence-electron chi connectivity index (χ3n) is 4.49. The summed E-state index contributed by atoms with van der Waals surface area (Å²) in [5.41, 5.74) is 2.90. The lowest BCUT2D eigenvalue weighted by Gasteiger charge is -2.19. The number of nitrogens with zero attached hydrogens (tertiary/aromatic N) is 3. The van der Waals surface area contributed by atoms with Gasteiger partial charge in [-0.05, 0) is 30.9 Å². The van der Waals surface area contributed by atoms with E-state index in [1.165, 1.54) is 24.0 Å². The Morgan fingerprint density at radius 1 is 1.08 bits per heavy atom. The van der Waals surface area contributed by atoms with E-state index < -0.39 is 0 Å². The molecule has 2 aromatic rings. The molecular weight excluding hydrogens is 300 g/mol. The Kier molecular flexibility index (Phi) is 5.41. The van der Waals surface area contributed by atoms with Gasteiger partial charge < -0.3 is 10.2 Å². The van der Waals surface area contributed by atoms with Gasteiger partial charge in [0.2, 0.25) is 0 Å². The molecule has 0 radical (unpaired) electrons. The van der Waals surface area contributed by atoms with Crippen molar-refractivity contribution in [3.05, 3.63) is 53.5 Å². The van der Waals surface area contributed by atoms with Gasteiger partial charge in [-0.3, -0.25) is 4.79 Å². The molecule has 1 aromatic heterocycles. The van der Waals surface area contributed by atoms with Crippen molar-refractivity contribution in [1.82, 2.24) is 14.9 Å². The van der Waals surface area contributed by atoms with Gasteiger partial charge in [-0.2, -0.15) is 0 Å². The molecule has 126 valence electrons. The van der Waals surface area contributed by atoms with Crippen molar-refractivity contribution in [1.29, 1.82) is 0 Å². The van der Waals surface area contributed by atoms with Crippen LogP contribution in [0.3, 0.4) is 0 Å². The molecule has 0 atom stereocenters. The van der Waals surface area contributed by atoms with Gasteiger partial charge in [-0.1, -0.05) is 37.1 Å². The van der Waals surface area contributed by atoms with E-state index in [1.807, 2.05) is 17.0 Å². The van der Waals surface area contributed by atoms with Gasteiger partial charge in [0.15, 0.2) is 0 Å². The van der Waals surface area contributed by atoms with Crippen LogP contribution in [0.5, 0.6) is 0 Å². The van der Waals surface area contributed by atoms with Crippen LogP contribution in [-0.4, -0.2) is 33.9 Å². The van der Waals surface area contributed by atoms with Gasteiger partial charge in [-0.25, -0.2) is 9.97 Å². The van der Waals surface area contributed by atoms with Crippen LogP contribution in [0, 0.1) is 6.92 Å². The fraction of sp³-hybridized carbons (Fsp3) is 0.421. The number of nitrogens with one attached hydrogen (secondary N) is 1. The fourth-order valence-electron chi connectivity index (χ4n) is 2.96. The van der Waals surface area contributed by atoms with E-state index in [0.717, 1.165) is 25.9 Å². The third-order valence-corrected chi connectivity index (χ3v) is 4.49. The Hall–Kier alpha value is -2.43. The molecule has 5 nitrogen and oxygen atoms in total. The van der Waals surface area contributed by atoms with E-state index in [1.54, 1.807) is 12.4 Å². The summed E-state index contributed by atoms with van der Waals surface area (Å²) in [5, 5.41) is 3.26. The van der Waals surface area contributed by atoms with Crippen molar-refractivity contribution in [3.63, 3.8) is 0 Å². The van der Waals surface area contributed by atoms with Crippen LogP contribution in [0.25, 0.3) is 0 Å². The Labute approximate surface area is 143 Å². The first-order valence-electron chi connectivity index (χ1n) is 8.64. The highest BCUT2D eigenvalue weighted by Crippen LogP contribution is 2.13. The highest BCUT2D eigenvalue weighted by Gasteiger charge is 2.18. The summed E-state index contributed by atoms with van der Waals surface area (Å²) in [6.07, 6.45) is 7.79. The monoisotopic (exact) mass is 324 g/mol. The predicted octanol–water partition coefficient (Wildman–Crippen LogP) is 3.41. The lowest BCUT2D eigenvalue weighted by Crippen LogP contribution is -2.32. The largest absolute Gasteiger partial charge is 0.365 e. The van der Waals surface area contributed by atoms with Crippen molar-refractivity contribution >= 4 is 11.7 Å². The summed E-state index contributed by atoms with van der Waals surface area (Å²) in [5.74, 6) is 0.681. The number of carbonyl (C=O) groups is 1. The van der Waals surface area contributed by atoms with Crippen LogP contribution in [-0.2, 0) is 6.54 Å². The maximum Gasteiger partial charge on any atom is 0.274 e. The van der Waals surface area contributed by atoms with Crippen molar-refractivity contribution in [3.8, 4) is 0 Å². The molecule has 24 heavy (non-hydrogen) atoms. The number of benzene rings is 1. The summed E-state index contributed by atoms with van der Waals surface area (Å²) >= 11 is 0. The number of amides is 1. The summed E-state index contributed by atoms with van der Waals surface area (Å²) in [6.45, 7) is 4.44. The summed E-state index contributed by atoms with van der Waals surface area (Å²) < 4.78 is 0. The molecule has 0 spiro atoms. The van der Waals surface area contributed by atoms with Crippen LogP contribution in [0.4, 0.5) is 5.82 Å². The zero-order valence-electron chi connectivity index (χ0n) is 14.2. The molecule has 1 aliphatic heterocycles. The van der Waals surface area contributed by atoms with E-state index in [0.29, 0.717) is 18.1 Å². The zero-order chi connectivity index (χ0) is 16.8. The molecule has 1 aromatic carbocycles. The minimum Gasteiger partial charge on any atom is -0.365 e. The van der Waals surface area contributed by atoms with E-state index >= 15 is 0 Å². The van der Waals surface area contributed by atoms with Crippen LogP contribution in [0.1, 0.15) is 47.3 Å². The summed E-state index contributed by atoms with van der Waals surface area (Å²) in [4.78, 5) is 23.0. The standard InChI is InChI=1S/C19H24N4O/c1-15-8-4-5-9-16(15)12-21-18-14-20-17(13-22-18)19(24)23-10-6-2-3-7-11-23/h4-5,8-9,13-14H,2-3,6-7,10-12H2,1H3,(H,21,22). The van der Waals surface area contributed by atoms with Gasteiger partial charge in [0.05, 0.1) is 12.4 Å². The van der Waals surface area contributed by atoms with Crippen LogP contribution in [0.2, 0.25) is 0 Å². The van der Waals surface area contributed by atoms with E-state index in [2.05, 4.69) is 34.3 Å². The van der Waals surface area contributed by atoms with Crippen molar-refractivity contribution in [2.24, 2.45) is 0 Å². The maximum atomic E-state index is 12.5. The minimum atomic E-state index is -0.00476. The average Bonchev–Trinajstić information content (AvgIpc) is 2.90. The first kappa shape index (κ1) is 16.4. The molecule has 0 bridgehead atoms. The summed E-state index contributed by atoms with van der Waals surface area (Å²) in [6, 6.07) is 8.24. The molecule has 2 heterocycles. The Morgan fingerprint density at radius 2 is 1.83 bits per heavy atom. The minimum absolute atomic E-state index is 0.00476. The van der Waals surface area contributed by atoms with Gasteiger partial charge in [0.1, 0.15) is 11.5 Å². The summed E-state index contributed by atoms with van der Waals surface area (Å²) in [7, 11) is 0. The van der Waals surface area contributed by atoms with Crippen LogP contribution in [0.15, 0.2) is 36.7 Å². The maximum absolute atomic E-state index is 12.5. The highest BCUT2D eigenvalue weighted by atomic mass is 16.2.